The minimum atomic E-state index is -0.0780. The number of carbonyl (C=O) groups excluding carboxylic acids is 1. The highest BCUT2D eigenvalue weighted by Crippen LogP contribution is 2.43. The molecular formula is C26H37N3O2S. The minimum Gasteiger partial charge on any atom is -0.334 e. The molecule has 1 fully saturated rings. The van der Waals surface area contributed by atoms with Crippen LogP contribution in [-0.4, -0.2) is 47.4 Å². The first-order chi connectivity index (χ1) is 15.2. The predicted octanol–water partition coefficient (Wildman–Crippen LogP) is 4.78. The van der Waals surface area contributed by atoms with E-state index in [0.717, 1.165) is 23.2 Å². The molecule has 1 N–H and O–H groups in total. The second-order valence-corrected chi connectivity index (χ2v) is 11.3. The van der Waals surface area contributed by atoms with Gasteiger partial charge in [-0.1, -0.05) is 6.92 Å². The van der Waals surface area contributed by atoms with Crippen LogP contribution >= 0.6 is 11.3 Å². The molecule has 2 aromatic rings. The molecule has 1 atom stereocenters. The number of rotatable bonds is 5. The molecule has 1 aliphatic carbocycles. The van der Waals surface area contributed by atoms with E-state index in [1.54, 1.807) is 0 Å². The molecule has 0 aromatic carbocycles. The van der Waals surface area contributed by atoms with Crippen LogP contribution in [0.3, 0.4) is 0 Å². The predicted molar refractivity (Wildman–Crippen MR) is 132 cm³/mol. The van der Waals surface area contributed by atoms with Gasteiger partial charge in [-0.2, -0.15) is 0 Å². The van der Waals surface area contributed by atoms with E-state index < -0.39 is 0 Å². The van der Waals surface area contributed by atoms with Crippen LogP contribution in [0.2, 0.25) is 0 Å². The van der Waals surface area contributed by atoms with E-state index in [2.05, 4.69) is 37.8 Å². The zero-order chi connectivity index (χ0) is 23.2. The summed E-state index contributed by atoms with van der Waals surface area (Å²) < 4.78 is 0. The Morgan fingerprint density at radius 3 is 2.47 bits per heavy atom. The summed E-state index contributed by atoms with van der Waals surface area (Å²) in [6.07, 6.45) is 5.95. The van der Waals surface area contributed by atoms with Crippen molar-refractivity contribution in [1.29, 1.82) is 0 Å². The second-order valence-electron chi connectivity index (χ2n) is 10.1. The molecule has 2 aliphatic rings. The van der Waals surface area contributed by atoms with E-state index in [4.69, 9.17) is 0 Å². The van der Waals surface area contributed by atoms with Gasteiger partial charge in [-0.15, -0.1) is 11.3 Å². The summed E-state index contributed by atoms with van der Waals surface area (Å²) in [5.41, 5.74) is 4.52. The number of amides is 1. The molecule has 0 bridgehead atoms. The normalized spacial score (nSPS) is 22.3. The van der Waals surface area contributed by atoms with E-state index >= 15 is 0 Å². The molecular weight excluding hydrogens is 418 g/mol. The number of nitrogens with zero attached hydrogens (tertiary/aromatic N) is 2. The Bertz CT molecular complexity index is 1060. The first-order valence-corrected chi connectivity index (χ1v) is 12.8. The van der Waals surface area contributed by atoms with Crippen LogP contribution in [0.25, 0.3) is 0 Å². The Morgan fingerprint density at radius 1 is 1.16 bits per heavy atom. The number of nitrogens with one attached hydrogen (secondary N) is 1. The molecule has 2 aromatic heterocycles. The maximum atomic E-state index is 13.5. The van der Waals surface area contributed by atoms with Gasteiger partial charge in [0.05, 0.1) is 12.1 Å². The molecule has 0 spiro atoms. The lowest BCUT2D eigenvalue weighted by molar-refractivity contribution is 0.0727. The molecule has 0 unspecified atom stereocenters. The molecule has 6 heteroatoms. The van der Waals surface area contributed by atoms with E-state index in [1.165, 1.54) is 41.0 Å². The molecule has 32 heavy (non-hydrogen) atoms. The van der Waals surface area contributed by atoms with Crippen molar-refractivity contribution in [2.75, 3.05) is 20.6 Å². The highest BCUT2D eigenvalue weighted by Gasteiger charge is 2.34. The molecule has 0 saturated heterocycles. The van der Waals surface area contributed by atoms with Crippen molar-refractivity contribution in [3.63, 3.8) is 0 Å². The maximum Gasteiger partial charge on any atom is 0.255 e. The Morgan fingerprint density at radius 2 is 1.84 bits per heavy atom. The third kappa shape index (κ3) is 4.32. The monoisotopic (exact) mass is 455 g/mol. The Hall–Kier alpha value is -1.92. The Kier molecular flexibility index (Phi) is 6.64. The fraction of sp³-hybridized carbons (Fsp3) is 0.615. The molecule has 3 heterocycles. The summed E-state index contributed by atoms with van der Waals surface area (Å²) in [5, 5.41) is 0. The van der Waals surface area contributed by atoms with Crippen molar-refractivity contribution in [2.45, 2.75) is 78.3 Å². The molecule has 4 rings (SSSR count). The van der Waals surface area contributed by atoms with Gasteiger partial charge in [-0.3, -0.25) is 9.59 Å². The number of hydrogen-bond acceptors (Lipinski definition) is 4. The standard InChI is InChI=1S/C26H37N3O2S/c1-15-13-16(2)27-25(30)21(15)14-29-12-11-22-23(26(29)31)18(4)24(32-22)17(3)19-7-9-20(10-8-19)28(5)6/h13,17,19-20H,7-12,14H2,1-6H3,(H,27,30)/t17-,19?,20?/m1/s1. The summed E-state index contributed by atoms with van der Waals surface area (Å²) in [5.74, 6) is 1.29. The average Bonchev–Trinajstić information content (AvgIpc) is 3.08. The lowest BCUT2D eigenvalue weighted by Crippen LogP contribution is -2.38. The van der Waals surface area contributed by atoms with Gasteiger partial charge in [-0.05, 0) is 89.6 Å². The zero-order valence-corrected chi connectivity index (χ0v) is 21.2. The quantitative estimate of drug-likeness (QED) is 0.706. The van der Waals surface area contributed by atoms with Crippen LogP contribution in [0.5, 0.6) is 0 Å². The maximum absolute atomic E-state index is 13.5. The van der Waals surface area contributed by atoms with Crippen LogP contribution in [-0.2, 0) is 13.0 Å². The van der Waals surface area contributed by atoms with Gasteiger partial charge >= 0.3 is 0 Å². The van der Waals surface area contributed by atoms with Crippen LogP contribution in [0, 0.1) is 26.7 Å². The van der Waals surface area contributed by atoms with Gasteiger partial charge in [-0.25, -0.2) is 0 Å². The zero-order valence-electron chi connectivity index (χ0n) is 20.4. The minimum absolute atomic E-state index is 0.0780. The summed E-state index contributed by atoms with van der Waals surface area (Å²) in [4.78, 5) is 35.7. The number of thiophene rings is 1. The molecule has 1 aliphatic heterocycles. The van der Waals surface area contributed by atoms with Gasteiger partial charge in [0.25, 0.3) is 11.5 Å². The SMILES string of the molecule is Cc1cc(C)c(CN2CCc3sc([C@H](C)C4CCC(N(C)C)CC4)c(C)c3C2=O)c(=O)[nH]1. The molecule has 1 saturated carbocycles. The second kappa shape index (κ2) is 9.14. The van der Waals surface area contributed by atoms with Gasteiger partial charge in [0, 0.05) is 40.0 Å². The van der Waals surface area contributed by atoms with Gasteiger partial charge in [0.1, 0.15) is 0 Å². The first-order valence-electron chi connectivity index (χ1n) is 11.9. The number of hydrogen-bond donors (Lipinski definition) is 1. The third-order valence-electron chi connectivity index (χ3n) is 7.80. The lowest BCUT2D eigenvalue weighted by atomic mass is 9.77. The average molecular weight is 456 g/mol. The molecule has 1 amide bonds. The number of aromatic amines is 1. The van der Waals surface area contributed by atoms with Crippen molar-refractivity contribution in [3.05, 3.63) is 54.1 Å². The first kappa shape index (κ1) is 23.2. The van der Waals surface area contributed by atoms with Gasteiger partial charge < -0.3 is 14.8 Å². The lowest BCUT2D eigenvalue weighted by Gasteiger charge is -2.35. The fourth-order valence-corrected chi connectivity index (χ4v) is 7.17. The number of fused-ring (bicyclic) bond motifs is 1. The largest absolute Gasteiger partial charge is 0.334 e. The van der Waals surface area contributed by atoms with Gasteiger partial charge in [0.2, 0.25) is 0 Å². The van der Waals surface area contributed by atoms with Crippen molar-refractivity contribution < 1.29 is 4.79 Å². The topological polar surface area (TPSA) is 56.4 Å². The van der Waals surface area contributed by atoms with Crippen molar-refractivity contribution >= 4 is 17.2 Å². The summed E-state index contributed by atoms with van der Waals surface area (Å²) in [7, 11) is 4.38. The number of aryl methyl sites for hydroxylation is 2. The van der Waals surface area contributed by atoms with Crippen molar-refractivity contribution in [2.24, 2.45) is 5.92 Å². The van der Waals surface area contributed by atoms with E-state index in [-0.39, 0.29) is 11.5 Å². The van der Waals surface area contributed by atoms with Crippen LogP contribution in [0.1, 0.15) is 81.0 Å². The number of carbonyl (C=O) groups is 1. The molecule has 0 radical (unpaired) electrons. The van der Waals surface area contributed by atoms with Crippen molar-refractivity contribution in [1.82, 2.24) is 14.8 Å². The van der Waals surface area contributed by atoms with Crippen LogP contribution < -0.4 is 5.56 Å². The third-order valence-corrected chi connectivity index (χ3v) is 9.35. The number of pyridine rings is 1. The van der Waals surface area contributed by atoms with Gasteiger partial charge in [0.15, 0.2) is 0 Å². The van der Waals surface area contributed by atoms with Crippen molar-refractivity contribution in [3.8, 4) is 0 Å². The number of H-pyrrole nitrogens is 1. The summed E-state index contributed by atoms with van der Waals surface area (Å²) in [6.45, 7) is 9.41. The number of aromatic nitrogens is 1. The Balaban J connectivity index is 1.53. The van der Waals surface area contributed by atoms with Crippen LogP contribution in [0.4, 0.5) is 0 Å². The molecule has 174 valence electrons. The van der Waals surface area contributed by atoms with E-state index in [9.17, 15) is 9.59 Å². The summed E-state index contributed by atoms with van der Waals surface area (Å²) in [6, 6.07) is 2.69. The Labute approximate surface area is 195 Å². The van der Waals surface area contributed by atoms with Crippen LogP contribution in [0.15, 0.2) is 10.9 Å². The van der Waals surface area contributed by atoms with E-state index in [1.807, 2.05) is 36.2 Å². The summed E-state index contributed by atoms with van der Waals surface area (Å²) >= 11 is 1.87. The highest BCUT2D eigenvalue weighted by atomic mass is 32.1. The molecule has 5 nitrogen and oxygen atoms in total. The highest BCUT2D eigenvalue weighted by molar-refractivity contribution is 7.12. The smallest absolute Gasteiger partial charge is 0.255 e. The van der Waals surface area contributed by atoms with E-state index in [0.29, 0.717) is 36.5 Å². The fourth-order valence-electron chi connectivity index (χ4n) is 5.73.